The summed E-state index contributed by atoms with van der Waals surface area (Å²) in [7, 11) is -3.89. The van der Waals surface area contributed by atoms with Crippen LogP contribution in [0.3, 0.4) is 0 Å². The molecule has 0 aromatic heterocycles. The average molecular weight is 337 g/mol. The monoisotopic (exact) mass is 337 g/mol. The van der Waals surface area contributed by atoms with Crippen molar-refractivity contribution in [3.63, 3.8) is 0 Å². The zero-order chi connectivity index (χ0) is 17.2. The SMILES string of the molecule is NS(=O)(=O)c1ccc(/C(=C\c2ccc(O)cc2F)C(=O)O)cc1. The molecule has 0 saturated carbocycles. The van der Waals surface area contributed by atoms with E-state index in [1.165, 1.54) is 24.3 Å². The molecule has 0 aliphatic carbocycles. The quantitative estimate of drug-likeness (QED) is 0.581. The summed E-state index contributed by atoms with van der Waals surface area (Å²) in [4.78, 5) is 11.2. The van der Waals surface area contributed by atoms with Crippen molar-refractivity contribution in [1.82, 2.24) is 0 Å². The molecule has 2 aromatic carbocycles. The first-order chi connectivity index (χ1) is 10.7. The number of phenolic OH excluding ortho intramolecular Hbond substituents is 1. The molecule has 23 heavy (non-hydrogen) atoms. The fraction of sp³-hybridized carbons (Fsp3) is 0. The first-order valence-electron chi connectivity index (χ1n) is 6.25. The van der Waals surface area contributed by atoms with Gasteiger partial charge in [0.25, 0.3) is 0 Å². The summed E-state index contributed by atoms with van der Waals surface area (Å²) in [6, 6.07) is 8.15. The van der Waals surface area contributed by atoms with Crippen molar-refractivity contribution in [1.29, 1.82) is 0 Å². The number of carboxylic acids is 1. The van der Waals surface area contributed by atoms with Gasteiger partial charge in [-0.3, -0.25) is 0 Å². The van der Waals surface area contributed by atoms with Crippen LogP contribution in [0.2, 0.25) is 0 Å². The summed E-state index contributed by atoms with van der Waals surface area (Å²) in [6.07, 6.45) is 1.09. The number of hydrogen-bond acceptors (Lipinski definition) is 4. The van der Waals surface area contributed by atoms with Gasteiger partial charge in [0.1, 0.15) is 11.6 Å². The number of carbonyl (C=O) groups is 1. The zero-order valence-corrected chi connectivity index (χ0v) is 12.4. The maximum atomic E-state index is 13.7. The molecule has 0 atom stereocenters. The molecule has 0 radical (unpaired) electrons. The molecule has 8 heteroatoms. The van der Waals surface area contributed by atoms with Gasteiger partial charge in [-0.1, -0.05) is 12.1 Å². The molecule has 0 unspecified atom stereocenters. The van der Waals surface area contributed by atoms with Crippen molar-refractivity contribution in [2.45, 2.75) is 4.90 Å². The van der Waals surface area contributed by atoms with Crippen LogP contribution in [0.15, 0.2) is 47.4 Å². The normalized spacial score (nSPS) is 12.2. The van der Waals surface area contributed by atoms with E-state index in [9.17, 15) is 22.7 Å². The highest BCUT2D eigenvalue weighted by Crippen LogP contribution is 2.23. The summed E-state index contributed by atoms with van der Waals surface area (Å²) >= 11 is 0. The standard InChI is InChI=1S/C15H12FNO5S/c16-14-8-11(18)4-1-10(14)7-13(15(19)20)9-2-5-12(6-3-9)23(17,21)22/h1-8,18H,(H,19,20)(H2,17,21,22)/b13-7+. The molecule has 4 N–H and O–H groups in total. The first-order valence-corrected chi connectivity index (χ1v) is 7.80. The number of phenols is 1. The Kier molecular flexibility index (Phi) is 4.48. The van der Waals surface area contributed by atoms with Gasteiger partial charge in [0.05, 0.1) is 10.5 Å². The Balaban J connectivity index is 2.50. The van der Waals surface area contributed by atoms with Gasteiger partial charge in [-0.25, -0.2) is 22.7 Å². The van der Waals surface area contributed by atoms with E-state index in [1.54, 1.807) is 0 Å². The van der Waals surface area contributed by atoms with Gasteiger partial charge in [0.15, 0.2) is 0 Å². The van der Waals surface area contributed by atoms with Crippen LogP contribution in [0.25, 0.3) is 11.6 Å². The minimum atomic E-state index is -3.89. The van der Waals surface area contributed by atoms with E-state index in [0.29, 0.717) is 0 Å². The van der Waals surface area contributed by atoms with E-state index in [0.717, 1.165) is 24.3 Å². The van der Waals surface area contributed by atoms with Crippen LogP contribution in [0.1, 0.15) is 11.1 Å². The molecular weight excluding hydrogens is 325 g/mol. The molecule has 120 valence electrons. The molecule has 0 spiro atoms. The number of benzene rings is 2. The third-order valence-corrected chi connectivity index (χ3v) is 3.94. The highest BCUT2D eigenvalue weighted by Gasteiger charge is 2.14. The number of sulfonamides is 1. The Bertz CT molecular complexity index is 889. The fourth-order valence-electron chi connectivity index (χ4n) is 1.88. The fourth-order valence-corrected chi connectivity index (χ4v) is 2.40. The summed E-state index contributed by atoms with van der Waals surface area (Å²) in [6.45, 7) is 0. The third-order valence-electron chi connectivity index (χ3n) is 3.01. The maximum Gasteiger partial charge on any atom is 0.336 e. The lowest BCUT2D eigenvalue weighted by Gasteiger charge is -2.05. The number of nitrogens with two attached hydrogens (primary N) is 1. The van der Waals surface area contributed by atoms with Gasteiger partial charge in [-0.2, -0.15) is 0 Å². The highest BCUT2D eigenvalue weighted by atomic mass is 32.2. The number of halogens is 1. The smallest absolute Gasteiger partial charge is 0.336 e. The zero-order valence-electron chi connectivity index (χ0n) is 11.6. The van der Waals surface area contributed by atoms with Crippen molar-refractivity contribution >= 4 is 27.6 Å². The molecule has 0 bridgehead atoms. The predicted molar refractivity (Wildman–Crippen MR) is 81.4 cm³/mol. The lowest BCUT2D eigenvalue weighted by atomic mass is 10.0. The lowest BCUT2D eigenvalue weighted by Crippen LogP contribution is -2.12. The Morgan fingerprint density at radius 2 is 1.74 bits per heavy atom. The van der Waals surface area contributed by atoms with Crippen LogP contribution < -0.4 is 5.14 Å². The molecule has 0 fully saturated rings. The molecular formula is C15H12FNO5S. The Labute approximate surface area is 131 Å². The van der Waals surface area contributed by atoms with Gasteiger partial charge < -0.3 is 10.2 Å². The second-order valence-corrected chi connectivity index (χ2v) is 6.20. The van der Waals surface area contributed by atoms with Gasteiger partial charge in [0.2, 0.25) is 10.0 Å². The van der Waals surface area contributed by atoms with E-state index in [4.69, 9.17) is 10.2 Å². The van der Waals surface area contributed by atoms with E-state index in [1.807, 2.05) is 0 Å². The Morgan fingerprint density at radius 1 is 1.13 bits per heavy atom. The van der Waals surface area contributed by atoms with Crippen molar-refractivity contribution in [2.24, 2.45) is 5.14 Å². The molecule has 0 amide bonds. The predicted octanol–water partition coefficient (Wildman–Crippen LogP) is 1.80. The van der Waals surface area contributed by atoms with Gasteiger partial charge in [-0.05, 0) is 35.9 Å². The van der Waals surface area contributed by atoms with Crippen molar-refractivity contribution in [3.05, 3.63) is 59.4 Å². The van der Waals surface area contributed by atoms with Crippen molar-refractivity contribution in [3.8, 4) is 5.75 Å². The second kappa shape index (κ2) is 6.19. The Morgan fingerprint density at radius 3 is 2.22 bits per heavy atom. The molecule has 0 heterocycles. The van der Waals surface area contributed by atoms with Crippen LogP contribution >= 0.6 is 0 Å². The first kappa shape index (κ1) is 16.7. The molecule has 0 aliphatic rings. The summed E-state index contributed by atoms with van der Waals surface area (Å²) < 4.78 is 36.1. The maximum absolute atomic E-state index is 13.7. The van der Waals surface area contributed by atoms with Crippen LogP contribution in [0, 0.1) is 5.82 Å². The third kappa shape index (κ3) is 3.93. The van der Waals surface area contributed by atoms with Gasteiger partial charge in [0, 0.05) is 11.6 Å². The largest absolute Gasteiger partial charge is 0.508 e. The van der Waals surface area contributed by atoms with Gasteiger partial charge >= 0.3 is 5.97 Å². The number of aromatic hydroxyl groups is 1. The van der Waals surface area contributed by atoms with Crippen LogP contribution in [-0.2, 0) is 14.8 Å². The second-order valence-electron chi connectivity index (χ2n) is 4.64. The van der Waals surface area contributed by atoms with Crippen molar-refractivity contribution in [2.75, 3.05) is 0 Å². The van der Waals surface area contributed by atoms with E-state index in [2.05, 4.69) is 0 Å². The van der Waals surface area contributed by atoms with E-state index >= 15 is 0 Å². The topological polar surface area (TPSA) is 118 Å². The number of rotatable bonds is 4. The highest BCUT2D eigenvalue weighted by molar-refractivity contribution is 7.89. The van der Waals surface area contributed by atoms with Gasteiger partial charge in [-0.15, -0.1) is 0 Å². The summed E-state index contributed by atoms with van der Waals surface area (Å²) in [5.41, 5.74) is -0.0938. The van der Waals surface area contributed by atoms with Crippen LogP contribution in [0.4, 0.5) is 4.39 Å². The average Bonchev–Trinajstić information content (AvgIpc) is 2.45. The molecule has 0 aliphatic heterocycles. The summed E-state index contributed by atoms with van der Waals surface area (Å²) in [5.74, 6) is -2.39. The van der Waals surface area contributed by atoms with Crippen molar-refractivity contribution < 1.29 is 27.8 Å². The molecule has 2 aromatic rings. The van der Waals surface area contributed by atoms with Crippen LogP contribution in [0.5, 0.6) is 5.75 Å². The number of hydrogen-bond donors (Lipinski definition) is 3. The minimum Gasteiger partial charge on any atom is -0.508 e. The summed E-state index contributed by atoms with van der Waals surface area (Å²) in [5, 5.41) is 23.4. The lowest BCUT2D eigenvalue weighted by molar-refractivity contribution is -0.130. The Hall–Kier alpha value is -2.71. The number of aliphatic carboxylic acids is 1. The van der Waals surface area contributed by atoms with Crippen LogP contribution in [-0.4, -0.2) is 24.6 Å². The number of carboxylic acid groups (broad SMARTS) is 1. The molecule has 2 rings (SSSR count). The minimum absolute atomic E-state index is 0.0317. The molecule has 6 nitrogen and oxygen atoms in total. The molecule has 0 saturated heterocycles. The number of primary sulfonamides is 1. The van der Waals surface area contributed by atoms with E-state index < -0.39 is 21.8 Å². The van der Waals surface area contributed by atoms with E-state index in [-0.39, 0.29) is 27.3 Å².